The molecule has 6 nitrogen and oxygen atoms in total. The molecule has 34 heavy (non-hydrogen) atoms. The van der Waals surface area contributed by atoms with Crippen LogP contribution in [0.15, 0.2) is 84.9 Å². The predicted octanol–water partition coefficient (Wildman–Crippen LogP) is 5.75. The van der Waals surface area contributed by atoms with Crippen LogP contribution < -0.4 is 0 Å². The van der Waals surface area contributed by atoms with Gasteiger partial charge in [-0.15, -0.1) is 0 Å². The Bertz CT molecular complexity index is 1320. The summed E-state index contributed by atoms with van der Waals surface area (Å²) in [7, 11) is 0. The van der Waals surface area contributed by atoms with Gasteiger partial charge in [-0.1, -0.05) is 60.7 Å². The molecule has 0 unspecified atom stereocenters. The number of benzene rings is 3. The molecule has 3 aromatic carbocycles. The summed E-state index contributed by atoms with van der Waals surface area (Å²) in [6.45, 7) is 0. The van der Waals surface area contributed by atoms with E-state index in [0.29, 0.717) is 22.8 Å². The van der Waals surface area contributed by atoms with Crippen LogP contribution in [0.5, 0.6) is 0 Å². The van der Waals surface area contributed by atoms with E-state index in [4.69, 9.17) is 15.2 Å². The number of nitrogens with zero attached hydrogens (tertiary/aromatic N) is 1. The number of imidazole rings is 1. The highest BCUT2D eigenvalue weighted by Gasteiger charge is 2.16. The first-order valence-corrected chi connectivity index (χ1v) is 10.3. The summed E-state index contributed by atoms with van der Waals surface area (Å²) in [5.41, 5.74) is 5.00. The zero-order chi connectivity index (χ0) is 24.1. The number of halogens is 1. The van der Waals surface area contributed by atoms with Crippen LogP contribution in [-0.2, 0) is 9.59 Å². The molecule has 0 spiro atoms. The van der Waals surface area contributed by atoms with Crippen molar-refractivity contribution >= 4 is 24.1 Å². The van der Waals surface area contributed by atoms with Gasteiger partial charge in [-0.3, -0.25) is 0 Å². The van der Waals surface area contributed by atoms with Crippen molar-refractivity contribution in [1.82, 2.24) is 9.97 Å². The monoisotopic (exact) mass is 454 g/mol. The first-order valence-electron chi connectivity index (χ1n) is 10.3. The van der Waals surface area contributed by atoms with Gasteiger partial charge in [-0.25, -0.2) is 19.0 Å². The molecule has 1 aromatic heterocycles. The molecule has 0 bridgehead atoms. The number of aromatic nitrogens is 2. The molecule has 0 amide bonds. The van der Waals surface area contributed by atoms with E-state index in [1.54, 1.807) is 36.4 Å². The van der Waals surface area contributed by atoms with Gasteiger partial charge in [0.05, 0.1) is 11.4 Å². The standard InChI is InChI=1S/C27H19FN2O4/c28-22-3-1-2-21(16-22)27-29-25(19-10-4-17(5-11-19)8-14-23(31)32)26(30-27)20-12-6-18(7-13-20)9-15-24(33)34/h1-16H,(H,29,30)(H,31,32)(H,33,34)/b14-8+,15-9+. The first kappa shape index (κ1) is 22.4. The van der Waals surface area contributed by atoms with Crippen LogP contribution in [0.1, 0.15) is 11.1 Å². The highest BCUT2D eigenvalue weighted by Crippen LogP contribution is 2.33. The molecule has 0 fully saturated rings. The number of rotatable bonds is 7. The molecule has 0 aliphatic carbocycles. The minimum absolute atomic E-state index is 0.374. The number of H-pyrrole nitrogens is 1. The Hall–Kier alpha value is -4.78. The zero-order valence-corrected chi connectivity index (χ0v) is 17.8. The van der Waals surface area contributed by atoms with Gasteiger partial charge in [0.2, 0.25) is 0 Å². The van der Waals surface area contributed by atoms with Crippen molar-refractivity contribution in [3.8, 4) is 33.9 Å². The number of aromatic amines is 1. The molecular formula is C27H19FN2O4. The van der Waals surface area contributed by atoms with E-state index in [-0.39, 0.29) is 5.82 Å². The largest absolute Gasteiger partial charge is 0.478 e. The minimum atomic E-state index is -1.03. The van der Waals surface area contributed by atoms with E-state index in [2.05, 4.69) is 4.98 Å². The quantitative estimate of drug-likeness (QED) is 0.309. The van der Waals surface area contributed by atoms with Gasteiger partial charge in [0.25, 0.3) is 0 Å². The van der Waals surface area contributed by atoms with Crippen molar-refractivity contribution in [2.24, 2.45) is 0 Å². The summed E-state index contributed by atoms with van der Waals surface area (Å²) < 4.78 is 13.8. The normalized spacial score (nSPS) is 11.3. The Morgan fingerprint density at radius 3 is 1.85 bits per heavy atom. The van der Waals surface area contributed by atoms with E-state index in [1.807, 2.05) is 24.3 Å². The maximum Gasteiger partial charge on any atom is 0.328 e. The zero-order valence-electron chi connectivity index (χ0n) is 17.8. The summed E-state index contributed by atoms with van der Waals surface area (Å²) in [5.74, 6) is -1.93. The summed E-state index contributed by atoms with van der Waals surface area (Å²) in [6.07, 6.45) is 5.14. The predicted molar refractivity (Wildman–Crippen MR) is 128 cm³/mol. The molecule has 0 aliphatic rings. The van der Waals surface area contributed by atoms with Crippen LogP contribution in [0, 0.1) is 5.82 Å². The number of hydrogen-bond acceptors (Lipinski definition) is 3. The molecule has 0 aliphatic heterocycles. The summed E-state index contributed by atoms with van der Waals surface area (Å²) >= 11 is 0. The van der Waals surface area contributed by atoms with Crippen LogP contribution in [0.3, 0.4) is 0 Å². The molecule has 0 saturated carbocycles. The molecule has 0 atom stereocenters. The average molecular weight is 454 g/mol. The van der Waals surface area contributed by atoms with Gasteiger partial charge in [0.1, 0.15) is 11.6 Å². The number of carboxylic acids is 2. The van der Waals surface area contributed by atoms with Gasteiger partial charge in [-0.2, -0.15) is 0 Å². The molecule has 168 valence electrons. The van der Waals surface area contributed by atoms with Crippen molar-refractivity contribution in [3.63, 3.8) is 0 Å². The van der Waals surface area contributed by atoms with Crippen LogP contribution in [0.2, 0.25) is 0 Å². The van der Waals surface area contributed by atoms with E-state index >= 15 is 0 Å². The van der Waals surface area contributed by atoms with Crippen LogP contribution in [0.4, 0.5) is 4.39 Å². The van der Waals surface area contributed by atoms with Crippen molar-refractivity contribution in [2.75, 3.05) is 0 Å². The maximum absolute atomic E-state index is 13.8. The third-order valence-corrected chi connectivity index (χ3v) is 5.02. The fourth-order valence-corrected chi connectivity index (χ4v) is 3.41. The Balaban J connectivity index is 1.77. The number of aliphatic carboxylic acids is 2. The number of carboxylic acid groups (broad SMARTS) is 2. The molecule has 1 heterocycles. The van der Waals surface area contributed by atoms with Crippen molar-refractivity contribution < 1.29 is 24.2 Å². The molecule has 7 heteroatoms. The van der Waals surface area contributed by atoms with E-state index in [0.717, 1.165) is 34.4 Å². The Morgan fingerprint density at radius 2 is 1.32 bits per heavy atom. The van der Waals surface area contributed by atoms with Crippen molar-refractivity contribution in [3.05, 3.63) is 102 Å². The SMILES string of the molecule is O=C(O)/C=C/c1ccc(-c2nc(-c3cccc(F)c3)[nH]c2-c2ccc(/C=C/C(=O)O)cc2)cc1. The highest BCUT2D eigenvalue weighted by atomic mass is 19.1. The second kappa shape index (κ2) is 9.79. The number of carbonyl (C=O) groups is 2. The van der Waals surface area contributed by atoms with Crippen molar-refractivity contribution in [1.29, 1.82) is 0 Å². The maximum atomic E-state index is 13.8. The summed E-state index contributed by atoms with van der Waals surface area (Å²) in [6, 6.07) is 20.6. The number of nitrogens with one attached hydrogen (secondary N) is 1. The van der Waals surface area contributed by atoms with Crippen LogP contribution in [0.25, 0.3) is 46.1 Å². The third kappa shape index (κ3) is 5.34. The summed E-state index contributed by atoms with van der Waals surface area (Å²) in [5, 5.41) is 17.6. The lowest BCUT2D eigenvalue weighted by Crippen LogP contribution is -1.87. The van der Waals surface area contributed by atoms with E-state index < -0.39 is 11.9 Å². The minimum Gasteiger partial charge on any atom is -0.478 e. The van der Waals surface area contributed by atoms with Crippen LogP contribution >= 0.6 is 0 Å². The molecular weight excluding hydrogens is 435 g/mol. The van der Waals surface area contributed by atoms with E-state index in [1.165, 1.54) is 24.3 Å². The fraction of sp³-hybridized carbons (Fsp3) is 0. The third-order valence-electron chi connectivity index (χ3n) is 5.02. The Kier molecular flexibility index (Phi) is 6.45. The molecule has 0 saturated heterocycles. The fourth-order valence-electron chi connectivity index (χ4n) is 3.41. The molecule has 3 N–H and O–H groups in total. The van der Waals surface area contributed by atoms with Gasteiger partial charge in [0, 0.05) is 28.8 Å². The molecule has 4 aromatic rings. The Labute approximate surface area is 194 Å². The highest BCUT2D eigenvalue weighted by molar-refractivity contribution is 5.87. The molecule has 4 rings (SSSR count). The van der Waals surface area contributed by atoms with Crippen molar-refractivity contribution in [2.45, 2.75) is 0 Å². The lowest BCUT2D eigenvalue weighted by atomic mass is 10.0. The summed E-state index contributed by atoms with van der Waals surface area (Å²) in [4.78, 5) is 29.5. The lowest BCUT2D eigenvalue weighted by molar-refractivity contribution is -0.132. The molecule has 0 radical (unpaired) electrons. The van der Waals surface area contributed by atoms with E-state index in [9.17, 15) is 14.0 Å². The Morgan fingerprint density at radius 1 is 0.765 bits per heavy atom. The second-order valence-corrected chi connectivity index (χ2v) is 7.41. The smallest absolute Gasteiger partial charge is 0.328 e. The first-order chi connectivity index (χ1) is 16.4. The van der Waals surface area contributed by atoms with Gasteiger partial charge >= 0.3 is 11.9 Å². The van der Waals surface area contributed by atoms with Gasteiger partial charge in [-0.05, 0) is 35.4 Å². The topological polar surface area (TPSA) is 103 Å². The van der Waals surface area contributed by atoms with Crippen LogP contribution in [-0.4, -0.2) is 32.1 Å². The van der Waals surface area contributed by atoms with Gasteiger partial charge in [0.15, 0.2) is 0 Å². The van der Waals surface area contributed by atoms with Gasteiger partial charge < -0.3 is 15.2 Å². The number of hydrogen-bond donors (Lipinski definition) is 3. The lowest BCUT2D eigenvalue weighted by Gasteiger charge is -2.05. The second-order valence-electron chi connectivity index (χ2n) is 7.41. The average Bonchev–Trinajstić information content (AvgIpc) is 3.27.